The molecule has 8 heteroatoms. The molecule has 0 radical (unpaired) electrons. The van der Waals surface area contributed by atoms with E-state index in [4.69, 9.17) is 21.1 Å². The van der Waals surface area contributed by atoms with Crippen LogP contribution in [0.1, 0.15) is 29.0 Å². The first-order valence-electron chi connectivity index (χ1n) is 7.80. The fraction of sp³-hybridized carbons (Fsp3) is 0.412. The molecule has 5 nitrogen and oxygen atoms in total. The Balaban J connectivity index is 2.18. The fourth-order valence-corrected chi connectivity index (χ4v) is 4.85. The molecule has 1 unspecified atom stereocenters. The number of nitrogens with one attached hydrogen (secondary N) is 1. The highest BCUT2D eigenvalue weighted by Crippen LogP contribution is 2.29. The fourth-order valence-electron chi connectivity index (χ4n) is 2.51. The van der Waals surface area contributed by atoms with E-state index in [-0.39, 0.29) is 11.4 Å². The van der Waals surface area contributed by atoms with E-state index in [1.165, 1.54) is 18.4 Å². The zero-order valence-electron chi connectivity index (χ0n) is 14.6. The Hall–Kier alpha value is -1.12. The number of aryl methyl sites for hydroxylation is 2. The standard InChI is InChI=1S/C17H22ClNO4S2/c1-5-23-17-11(2)8-13(9-12(17)3)25(20,21)19-10-14(22-4)15-6-7-16(18)24-15/h6-9,14,19H,5,10H2,1-4H3. The molecule has 1 heterocycles. The summed E-state index contributed by atoms with van der Waals surface area (Å²) in [7, 11) is -2.12. The predicted molar refractivity (Wildman–Crippen MR) is 101 cm³/mol. The molecule has 2 aromatic rings. The SMILES string of the molecule is CCOc1c(C)cc(S(=O)(=O)NCC(OC)c2ccc(Cl)s2)cc1C. The third kappa shape index (κ3) is 4.95. The van der Waals surface area contributed by atoms with Crippen LogP contribution < -0.4 is 9.46 Å². The van der Waals surface area contributed by atoms with Crippen molar-refractivity contribution in [3.63, 3.8) is 0 Å². The zero-order chi connectivity index (χ0) is 18.6. The Kier molecular flexibility index (Phi) is 6.87. The maximum Gasteiger partial charge on any atom is 0.240 e. The topological polar surface area (TPSA) is 64.6 Å². The summed E-state index contributed by atoms with van der Waals surface area (Å²) in [6.07, 6.45) is -0.392. The van der Waals surface area contributed by atoms with E-state index in [2.05, 4.69) is 4.72 Å². The first-order valence-corrected chi connectivity index (χ1v) is 10.5. The van der Waals surface area contributed by atoms with E-state index in [0.717, 1.165) is 21.8 Å². The first-order chi connectivity index (χ1) is 11.8. The van der Waals surface area contributed by atoms with Crippen molar-refractivity contribution < 1.29 is 17.9 Å². The maximum atomic E-state index is 12.6. The van der Waals surface area contributed by atoms with Crippen LogP contribution in [-0.4, -0.2) is 28.7 Å². The van der Waals surface area contributed by atoms with Crippen LogP contribution in [0.3, 0.4) is 0 Å². The molecule has 0 saturated heterocycles. The van der Waals surface area contributed by atoms with Crippen molar-refractivity contribution in [2.24, 2.45) is 0 Å². The van der Waals surface area contributed by atoms with Crippen LogP contribution in [0, 0.1) is 13.8 Å². The molecule has 0 aliphatic carbocycles. The Labute approximate surface area is 158 Å². The van der Waals surface area contributed by atoms with Crippen molar-refractivity contribution in [1.29, 1.82) is 0 Å². The molecule has 0 fully saturated rings. The minimum atomic E-state index is -3.66. The number of sulfonamides is 1. The van der Waals surface area contributed by atoms with Crippen LogP contribution in [0.2, 0.25) is 4.34 Å². The molecule has 1 atom stereocenters. The Morgan fingerprint density at radius 1 is 1.24 bits per heavy atom. The van der Waals surface area contributed by atoms with E-state index in [0.29, 0.717) is 10.9 Å². The van der Waals surface area contributed by atoms with Crippen LogP contribution in [0.15, 0.2) is 29.2 Å². The maximum absolute atomic E-state index is 12.6. The molecule has 25 heavy (non-hydrogen) atoms. The van der Waals surface area contributed by atoms with Gasteiger partial charge in [0, 0.05) is 18.5 Å². The minimum absolute atomic E-state index is 0.126. The van der Waals surface area contributed by atoms with Crippen molar-refractivity contribution in [2.75, 3.05) is 20.3 Å². The van der Waals surface area contributed by atoms with Crippen molar-refractivity contribution >= 4 is 33.0 Å². The highest BCUT2D eigenvalue weighted by molar-refractivity contribution is 7.89. The lowest BCUT2D eigenvalue weighted by molar-refractivity contribution is 0.110. The first kappa shape index (κ1) is 20.2. The van der Waals surface area contributed by atoms with Gasteiger partial charge in [0.05, 0.1) is 15.8 Å². The minimum Gasteiger partial charge on any atom is -0.493 e. The van der Waals surface area contributed by atoms with E-state index in [9.17, 15) is 8.42 Å². The van der Waals surface area contributed by atoms with Crippen molar-refractivity contribution in [3.8, 4) is 5.75 Å². The van der Waals surface area contributed by atoms with E-state index >= 15 is 0 Å². The van der Waals surface area contributed by atoms with Crippen LogP contribution in [0.5, 0.6) is 5.75 Å². The number of halogens is 1. The number of hydrogen-bond donors (Lipinski definition) is 1. The van der Waals surface area contributed by atoms with Crippen LogP contribution >= 0.6 is 22.9 Å². The third-order valence-corrected chi connectivity index (χ3v) is 6.41. The summed E-state index contributed by atoms with van der Waals surface area (Å²) >= 11 is 7.30. The summed E-state index contributed by atoms with van der Waals surface area (Å²) in [6.45, 7) is 6.23. The molecule has 0 aliphatic rings. The van der Waals surface area contributed by atoms with Gasteiger partial charge in [0.15, 0.2) is 0 Å². The second kappa shape index (κ2) is 8.51. The molecule has 0 amide bonds. The van der Waals surface area contributed by atoms with E-state index in [1.807, 2.05) is 26.8 Å². The second-order valence-electron chi connectivity index (χ2n) is 5.54. The van der Waals surface area contributed by atoms with Gasteiger partial charge in [-0.25, -0.2) is 13.1 Å². The van der Waals surface area contributed by atoms with Gasteiger partial charge >= 0.3 is 0 Å². The second-order valence-corrected chi connectivity index (χ2v) is 9.05. The van der Waals surface area contributed by atoms with Crippen molar-refractivity contribution in [1.82, 2.24) is 4.72 Å². The Bertz CT molecular complexity index is 810. The largest absolute Gasteiger partial charge is 0.493 e. The third-order valence-electron chi connectivity index (χ3n) is 3.69. The molecule has 2 rings (SSSR count). The molecule has 0 bridgehead atoms. The molecule has 1 N–H and O–H groups in total. The normalized spacial score (nSPS) is 13.0. The Morgan fingerprint density at radius 3 is 2.36 bits per heavy atom. The highest BCUT2D eigenvalue weighted by atomic mass is 35.5. The molecular weight excluding hydrogens is 382 g/mol. The average molecular weight is 404 g/mol. The predicted octanol–water partition coefficient (Wildman–Crippen LogP) is 4.08. The van der Waals surface area contributed by atoms with E-state index < -0.39 is 16.1 Å². The number of rotatable bonds is 8. The lowest BCUT2D eigenvalue weighted by Crippen LogP contribution is -2.29. The molecule has 138 valence electrons. The van der Waals surface area contributed by atoms with Gasteiger partial charge in [-0.05, 0) is 56.2 Å². The zero-order valence-corrected chi connectivity index (χ0v) is 17.0. The quantitative estimate of drug-likeness (QED) is 0.721. The van der Waals surface area contributed by atoms with Gasteiger partial charge in [-0.2, -0.15) is 0 Å². The number of thiophene rings is 1. The molecule has 0 spiro atoms. The van der Waals surface area contributed by atoms with Gasteiger partial charge < -0.3 is 9.47 Å². The highest BCUT2D eigenvalue weighted by Gasteiger charge is 2.21. The molecule has 0 saturated carbocycles. The summed E-state index contributed by atoms with van der Waals surface area (Å²) in [5.41, 5.74) is 1.58. The smallest absolute Gasteiger partial charge is 0.240 e. The molecule has 1 aromatic heterocycles. The molecule has 1 aromatic carbocycles. The number of benzene rings is 1. The van der Waals surface area contributed by atoms with Gasteiger partial charge in [-0.3, -0.25) is 0 Å². The monoisotopic (exact) mass is 403 g/mol. The van der Waals surface area contributed by atoms with E-state index in [1.54, 1.807) is 18.2 Å². The number of ether oxygens (including phenoxy) is 2. The Morgan fingerprint density at radius 2 is 1.88 bits per heavy atom. The van der Waals surface area contributed by atoms with Gasteiger partial charge in [-0.15, -0.1) is 11.3 Å². The lowest BCUT2D eigenvalue weighted by Gasteiger charge is -2.16. The average Bonchev–Trinajstić information content (AvgIpc) is 2.97. The molecule has 0 aliphatic heterocycles. The van der Waals surface area contributed by atoms with Crippen LogP contribution in [0.25, 0.3) is 0 Å². The summed E-state index contributed by atoms with van der Waals surface area (Å²) < 4.78 is 39.5. The van der Waals surface area contributed by atoms with Crippen molar-refractivity contribution in [3.05, 3.63) is 44.6 Å². The summed E-state index contributed by atoms with van der Waals surface area (Å²) in [4.78, 5) is 1.08. The van der Waals surface area contributed by atoms with Gasteiger partial charge in [-0.1, -0.05) is 11.6 Å². The van der Waals surface area contributed by atoms with Gasteiger partial charge in [0.25, 0.3) is 0 Å². The lowest BCUT2D eigenvalue weighted by atomic mass is 10.1. The number of methoxy groups -OCH3 is 1. The summed E-state index contributed by atoms with van der Waals surface area (Å²) in [5.74, 6) is 0.726. The number of hydrogen-bond acceptors (Lipinski definition) is 5. The summed E-state index contributed by atoms with van der Waals surface area (Å²) in [6, 6.07) is 6.83. The summed E-state index contributed by atoms with van der Waals surface area (Å²) in [5, 5.41) is 0. The van der Waals surface area contributed by atoms with Crippen LogP contribution in [-0.2, 0) is 14.8 Å². The van der Waals surface area contributed by atoms with Crippen LogP contribution in [0.4, 0.5) is 0 Å². The van der Waals surface area contributed by atoms with Gasteiger partial charge in [0.1, 0.15) is 11.9 Å². The molecular formula is C17H22ClNO4S2. The van der Waals surface area contributed by atoms with Gasteiger partial charge in [0.2, 0.25) is 10.0 Å². The van der Waals surface area contributed by atoms with Crippen molar-refractivity contribution in [2.45, 2.75) is 31.8 Å².